The molecule has 1 aromatic rings. The Morgan fingerprint density at radius 3 is 1.39 bits per heavy atom. The van der Waals surface area contributed by atoms with Crippen LogP contribution in [0.25, 0.3) is 0 Å². The highest BCUT2D eigenvalue weighted by molar-refractivity contribution is 4.84. The van der Waals surface area contributed by atoms with Gasteiger partial charge in [0, 0.05) is 6.42 Å². The summed E-state index contributed by atoms with van der Waals surface area (Å²) in [6.07, 6.45) is 37.2. The zero-order valence-electron chi connectivity index (χ0n) is 23.2. The smallest absolute Gasteiger partial charge is 0.234 e. The predicted octanol–water partition coefficient (Wildman–Crippen LogP) is 9.96. The van der Waals surface area contributed by atoms with Gasteiger partial charge < -0.3 is 0 Å². The van der Waals surface area contributed by atoms with Gasteiger partial charge in [0.25, 0.3) is 5.82 Å². The lowest BCUT2D eigenvalue weighted by molar-refractivity contribution is -0.703. The molecule has 0 bridgehead atoms. The van der Waals surface area contributed by atoms with Crippen molar-refractivity contribution in [2.75, 3.05) is 0 Å². The van der Waals surface area contributed by atoms with E-state index in [2.05, 4.69) is 42.3 Å². The second-order valence-electron chi connectivity index (χ2n) is 10.6. The maximum Gasteiger partial charge on any atom is 0.256 e. The molecule has 0 amide bonds. The molecule has 0 aliphatic carbocycles. The molecule has 0 saturated carbocycles. The number of hydrogen-bond acceptors (Lipinski definition) is 0. The first-order valence-corrected chi connectivity index (χ1v) is 15.4. The minimum atomic E-state index is 1.18. The van der Waals surface area contributed by atoms with E-state index >= 15 is 0 Å². The van der Waals surface area contributed by atoms with Crippen LogP contribution in [0.5, 0.6) is 0 Å². The van der Waals surface area contributed by atoms with Crippen molar-refractivity contribution in [1.29, 1.82) is 0 Å². The Bertz CT molecular complexity index is 519. The van der Waals surface area contributed by atoms with Crippen LogP contribution in [-0.2, 0) is 19.5 Å². The molecule has 2 heteroatoms. The summed E-state index contributed by atoms with van der Waals surface area (Å²) < 4.78 is 5.07. The summed E-state index contributed by atoms with van der Waals surface area (Å²) in [5, 5.41) is 0. The molecular formula is C31H61N2+. The van der Waals surface area contributed by atoms with Crippen LogP contribution in [0.15, 0.2) is 12.4 Å². The van der Waals surface area contributed by atoms with Crippen LogP contribution in [-0.4, -0.2) is 4.57 Å². The molecule has 0 atom stereocenters. The van der Waals surface area contributed by atoms with Crippen molar-refractivity contribution in [3.05, 3.63) is 18.2 Å². The molecule has 0 aromatic carbocycles. The van der Waals surface area contributed by atoms with Crippen LogP contribution >= 0.6 is 0 Å². The van der Waals surface area contributed by atoms with Crippen molar-refractivity contribution in [1.82, 2.24) is 4.57 Å². The summed E-state index contributed by atoms with van der Waals surface area (Å²) in [6.45, 7) is 9.29. The zero-order valence-corrected chi connectivity index (χ0v) is 23.2. The van der Waals surface area contributed by atoms with Gasteiger partial charge in [0.05, 0.1) is 13.1 Å². The van der Waals surface area contributed by atoms with Crippen LogP contribution in [0, 0.1) is 0 Å². The number of aryl methyl sites for hydroxylation is 2. The third-order valence-corrected chi connectivity index (χ3v) is 7.31. The van der Waals surface area contributed by atoms with Gasteiger partial charge in [-0.25, -0.2) is 9.13 Å². The Balaban J connectivity index is 1.99. The van der Waals surface area contributed by atoms with Gasteiger partial charge in [-0.05, 0) is 25.7 Å². The molecule has 1 rings (SSSR count). The zero-order chi connectivity index (χ0) is 23.8. The van der Waals surface area contributed by atoms with Crippen molar-refractivity contribution in [3.8, 4) is 0 Å². The third-order valence-electron chi connectivity index (χ3n) is 7.31. The molecule has 0 radical (unpaired) electrons. The number of imidazole rings is 1. The highest BCUT2D eigenvalue weighted by Gasteiger charge is 2.15. The first-order chi connectivity index (χ1) is 16.3. The Labute approximate surface area is 208 Å². The minimum Gasteiger partial charge on any atom is -0.234 e. The molecule has 0 fully saturated rings. The van der Waals surface area contributed by atoms with Crippen molar-refractivity contribution in [3.63, 3.8) is 0 Å². The molecule has 1 aromatic heterocycles. The van der Waals surface area contributed by atoms with Gasteiger partial charge in [-0.15, -0.1) is 0 Å². The van der Waals surface area contributed by atoms with Crippen molar-refractivity contribution in [2.45, 2.75) is 182 Å². The molecule has 33 heavy (non-hydrogen) atoms. The van der Waals surface area contributed by atoms with Gasteiger partial charge in [0.1, 0.15) is 12.4 Å². The van der Waals surface area contributed by atoms with Crippen molar-refractivity contribution < 1.29 is 4.57 Å². The van der Waals surface area contributed by atoms with E-state index in [1.165, 1.54) is 161 Å². The average molecular weight is 462 g/mol. The second kappa shape index (κ2) is 23.0. The summed E-state index contributed by atoms with van der Waals surface area (Å²) in [6, 6.07) is 0. The van der Waals surface area contributed by atoms with Crippen LogP contribution in [0.4, 0.5) is 0 Å². The normalized spacial score (nSPS) is 11.5. The fourth-order valence-electron chi connectivity index (χ4n) is 5.15. The van der Waals surface area contributed by atoms with E-state index in [1.807, 2.05) is 0 Å². The highest BCUT2D eigenvalue weighted by atomic mass is 15.1. The van der Waals surface area contributed by atoms with Gasteiger partial charge in [-0.3, -0.25) is 0 Å². The quantitative estimate of drug-likeness (QED) is 0.101. The molecule has 194 valence electrons. The monoisotopic (exact) mass is 461 g/mol. The van der Waals surface area contributed by atoms with Crippen LogP contribution < -0.4 is 4.57 Å². The first-order valence-electron chi connectivity index (χ1n) is 15.4. The lowest BCUT2D eigenvalue weighted by Gasteiger charge is -2.06. The Morgan fingerprint density at radius 2 is 0.939 bits per heavy atom. The lowest BCUT2D eigenvalue weighted by atomic mass is 10.0. The topological polar surface area (TPSA) is 8.81 Å². The predicted molar refractivity (Wildman–Crippen MR) is 147 cm³/mol. The van der Waals surface area contributed by atoms with E-state index in [0.29, 0.717) is 0 Å². The minimum absolute atomic E-state index is 1.18. The first kappa shape index (κ1) is 30.2. The molecule has 0 aliphatic heterocycles. The molecule has 0 spiro atoms. The van der Waals surface area contributed by atoms with E-state index in [1.54, 1.807) is 5.82 Å². The van der Waals surface area contributed by atoms with Gasteiger partial charge in [-0.2, -0.15) is 0 Å². The van der Waals surface area contributed by atoms with E-state index in [4.69, 9.17) is 0 Å². The Morgan fingerprint density at radius 1 is 0.515 bits per heavy atom. The fourth-order valence-corrected chi connectivity index (χ4v) is 5.15. The van der Waals surface area contributed by atoms with Crippen molar-refractivity contribution in [2.24, 2.45) is 0 Å². The number of rotatable bonds is 25. The molecule has 1 heterocycles. The van der Waals surface area contributed by atoms with Crippen LogP contribution in [0.2, 0.25) is 0 Å². The number of aromatic nitrogens is 2. The van der Waals surface area contributed by atoms with E-state index < -0.39 is 0 Å². The molecule has 0 saturated heterocycles. The molecule has 0 aliphatic rings. The van der Waals surface area contributed by atoms with Gasteiger partial charge in [0.15, 0.2) is 0 Å². The van der Waals surface area contributed by atoms with Crippen LogP contribution in [0.3, 0.4) is 0 Å². The highest BCUT2D eigenvalue weighted by Crippen LogP contribution is 2.15. The standard InChI is InChI=1S/C31H61N2/c1-4-7-9-11-12-13-14-15-16-17-18-19-20-21-22-23-24-26-31-32(27-6-3)29-30-33(31)28-25-10-8-5-2/h29-30H,4-28H2,1-3H3/q+1. The number of unbranched alkanes of at least 4 members (excludes halogenated alkanes) is 19. The molecule has 0 N–H and O–H groups in total. The fraction of sp³-hybridized carbons (Fsp3) is 0.903. The Kier molecular flexibility index (Phi) is 21.1. The SMILES string of the molecule is CCCCCCCCCCCCCCCCCCCc1n(CCCCCC)cc[n+]1CCC. The van der Waals surface area contributed by atoms with Gasteiger partial charge >= 0.3 is 0 Å². The van der Waals surface area contributed by atoms with E-state index in [-0.39, 0.29) is 0 Å². The number of hydrogen-bond donors (Lipinski definition) is 0. The van der Waals surface area contributed by atoms with E-state index in [0.717, 1.165) is 0 Å². The van der Waals surface area contributed by atoms with Crippen LogP contribution in [0.1, 0.15) is 168 Å². The maximum atomic E-state index is 2.55. The average Bonchev–Trinajstić information content (AvgIpc) is 3.20. The van der Waals surface area contributed by atoms with Crippen molar-refractivity contribution >= 4 is 0 Å². The summed E-state index contributed by atoms with van der Waals surface area (Å²) in [7, 11) is 0. The lowest BCUT2D eigenvalue weighted by Crippen LogP contribution is -2.37. The molecular weight excluding hydrogens is 400 g/mol. The summed E-state index contributed by atoms with van der Waals surface area (Å²) in [5.41, 5.74) is 0. The maximum absolute atomic E-state index is 2.55. The summed E-state index contributed by atoms with van der Waals surface area (Å²) in [4.78, 5) is 0. The van der Waals surface area contributed by atoms with Gasteiger partial charge in [-0.1, -0.05) is 136 Å². The third kappa shape index (κ3) is 16.5. The molecule has 0 unspecified atom stereocenters. The van der Waals surface area contributed by atoms with E-state index in [9.17, 15) is 0 Å². The molecule has 2 nitrogen and oxygen atoms in total. The second-order valence-corrected chi connectivity index (χ2v) is 10.6. The summed E-state index contributed by atoms with van der Waals surface area (Å²) >= 11 is 0. The largest absolute Gasteiger partial charge is 0.256 e. The summed E-state index contributed by atoms with van der Waals surface area (Å²) in [5.74, 6) is 1.58. The van der Waals surface area contributed by atoms with Gasteiger partial charge in [0.2, 0.25) is 0 Å². The Hall–Kier alpha value is -0.790. The number of nitrogens with zero attached hydrogens (tertiary/aromatic N) is 2.